The van der Waals surface area contributed by atoms with Crippen molar-refractivity contribution in [2.24, 2.45) is 0 Å². The van der Waals surface area contributed by atoms with Gasteiger partial charge in [0.2, 0.25) is 0 Å². The number of hydrogen-bond acceptors (Lipinski definition) is 5. The van der Waals surface area contributed by atoms with Gasteiger partial charge in [-0.25, -0.2) is 0 Å². The zero-order chi connectivity index (χ0) is 12.2. The molecular formula is C7H11N3O5S. The van der Waals surface area contributed by atoms with Crippen LogP contribution >= 0.6 is 0 Å². The topological polar surface area (TPSA) is 113 Å². The molecule has 0 aromatic carbocycles. The lowest BCUT2D eigenvalue weighted by molar-refractivity contribution is -0.137. The summed E-state index contributed by atoms with van der Waals surface area (Å²) in [6.07, 6.45) is 0.950. The Kier molecular flexibility index (Phi) is 3.85. The van der Waals surface area contributed by atoms with Gasteiger partial charge in [-0.05, 0) is 0 Å². The predicted octanol–water partition coefficient (Wildman–Crippen LogP) is -0.262. The largest absolute Gasteiger partial charge is 0.481 e. The van der Waals surface area contributed by atoms with Crippen molar-refractivity contribution < 1.29 is 22.8 Å². The number of carbonyl (C=O) groups is 1. The van der Waals surface area contributed by atoms with E-state index in [-0.39, 0.29) is 18.8 Å². The van der Waals surface area contributed by atoms with Crippen LogP contribution in [0, 0.1) is 0 Å². The standard InChI is InChI=1S/C7H11N3O5S/c1-10(4-2-7(11)12)16(13,14)9-6-3-5-15-8-6/h3,5H,2,4H2,1H3,(H,8,9)(H,11,12). The highest BCUT2D eigenvalue weighted by molar-refractivity contribution is 7.90. The summed E-state index contributed by atoms with van der Waals surface area (Å²) < 4.78 is 30.6. The van der Waals surface area contributed by atoms with E-state index in [9.17, 15) is 13.2 Å². The van der Waals surface area contributed by atoms with Crippen LogP contribution in [0.15, 0.2) is 16.9 Å². The summed E-state index contributed by atoms with van der Waals surface area (Å²) in [4.78, 5) is 10.3. The van der Waals surface area contributed by atoms with Gasteiger partial charge in [0.1, 0.15) is 6.26 Å². The summed E-state index contributed by atoms with van der Waals surface area (Å²) in [7, 11) is -2.51. The van der Waals surface area contributed by atoms with Crippen molar-refractivity contribution in [2.45, 2.75) is 6.42 Å². The van der Waals surface area contributed by atoms with E-state index in [0.717, 1.165) is 4.31 Å². The first-order valence-electron chi connectivity index (χ1n) is 4.28. The number of nitrogens with zero attached hydrogens (tertiary/aromatic N) is 2. The van der Waals surface area contributed by atoms with Gasteiger partial charge in [0.05, 0.1) is 6.42 Å². The molecule has 90 valence electrons. The average molecular weight is 249 g/mol. The zero-order valence-electron chi connectivity index (χ0n) is 8.45. The van der Waals surface area contributed by atoms with Crippen molar-refractivity contribution in [3.8, 4) is 0 Å². The highest BCUT2D eigenvalue weighted by Crippen LogP contribution is 2.07. The van der Waals surface area contributed by atoms with Crippen LogP contribution in [0.4, 0.5) is 5.82 Å². The average Bonchev–Trinajstić information content (AvgIpc) is 2.65. The van der Waals surface area contributed by atoms with Crippen molar-refractivity contribution in [3.63, 3.8) is 0 Å². The summed E-state index contributed by atoms with van der Waals surface area (Å²) in [6.45, 7) is -0.123. The molecule has 0 aliphatic rings. The molecule has 1 aromatic heterocycles. The van der Waals surface area contributed by atoms with E-state index in [4.69, 9.17) is 5.11 Å². The second-order valence-corrected chi connectivity index (χ2v) is 4.73. The van der Waals surface area contributed by atoms with Gasteiger partial charge in [-0.3, -0.25) is 9.52 Å². The third-order valence-corrected chi connectivity index (χ3v) is 3.19. The van der Waals surface area contributed by atoms with E-state index in [1.807, 2.05) is 0 Å². The Bertz CT molecular complexity index is 441. The number of hydrogen-bond donors (Lipinski definition) is 2. The predicted molar refractivity (Wildman–Crippen MR) is 53.9 cm³/mol. The number of carboxylic acids is 1. The molecule has 1 aromatic rings. The minimum absolute atomic E-state index is 0.0437. The summed E-state index contributed by atoms with van der Waals surface area (Å²) >= 11 is 0. The summed E-state index contributed by atoms with van der Waals surface area (Å²) in [5.41, 5.74) is 0. The van der Waals surface area contributed by atoms with Gasteiger partial charge in [0, 0.05) is 19.7 Å². The van der Waals surface area contributed by atoms with Crippen molar-refractivity contribution in [1.29, 1.82) is 0 Å². The number of anilines is 1. The van der Waals surface area contributed by atoms with Crippen LogP contribution in [0.25, 0.3) is 0 Å². The molecule has 0 aliphatic heterocycles. The van der Waals surface area contributed by atoms with Gasteiger partial charge >= 0.3 is 16.2 Å². The lowest BCUT2D eigenvalue weighted by Crippen LogP contribution is -2.34. The van der Waals surface area contributed by atoms with Crippen LogP contribution in [-0.4, -0.2) is 42.5 Å². The quantitative estimate of drug-likeness (QED) is 0.718. The first-order valence-corrected chi connectivity index (χ1v) is 5.72. The van der Waals surface area contributed by atoms with Gasteiger partial charge in [-0.15, -0.1) is 0 Å². The number of rotatable bonds is 6. The summed E-state index contributed by atoms with van der Waals surface area (Å²) in [5, 5.41) is 11.8. The molecule has 0 fully saturated rings. The Morgan fingerprint density at radius 1 is 1.69 bits per heavy atom. The molecular weight excluding hydrogens is 238 g/mol. The molecule has 1 heterocycles. The fourth-order valence-electron chi connectivity index (χ4n) is 0.849. The van der Waals surface area contributed by atoms with Gasteiger partial charge in [0.25, 0.3) is 0 Å². The molecule has 1 rings (SSSR count). The Morgan fingerprint density at radius 2 is 2.38 bits per heavy atom. The van der Waals surface area contributed by atoms with E-state index >= 15 is 0 Å². The second kappa shape index (κ2) is 4.94. The minimum atomic E-state index is -3.78. The third-order valence-electron chi connectivity index (χ3n) is 1.72. The van der Waals surface area contributed by atoms with Crippen LogP contribution in [0.5, 0.6) is 0 Å². The van der Waals surface area contributed by atoms with Crippen LogP contribution in [0.2, 0.25) is 0 Å². The first-order chi connectivity index (χ1) is 7.42. The number of aromatic nitrogens is 1. The maximum Gasteiger partial charge on any atom is 0.304 e. The van der Waals surface area contributed by atoms with Gasteiger partial charge in [-0.2, -0.15) is 12.7 Å². The lowest BCUT2D eigenvalue weighted by Gasteiger charge is -2.15. The second-order valence-electron chi connectivity index (χ2n) is 2.96. The Labute approximate surface area is 92.0 Å². The highest BCUT2D eigenvalue weighted by atomic mass is 32.2. The van der Waals surface area contributed by atoms with Gasteiger partial charge in [0.15, 0.2) is 5.82 Å². The smallest absolute Gasteiger partial charge is 0.304 e. The van der Waals surface area contributed by atoms with Crippen molar-refractivity contribution in [2.75, 3.05) is 18.3 Å². The molecule has 0 atom stereocenters. The highest BCUT2D eigenvalue weighted by Gasteiger charge is 2.19. The molecule has 9 heteroatoms. The van der Waals surface area contributed by atoms with Crippen molar-refractivity contribution >= 4 is 22.0 Å². The van der Waals surface area contributed by atoms with Crippen molar-refractivity contribution in [3.05, 3.63) is 12.3 Å². The normalized spacial score (nSPS) is 11.6. The summed E-state index contributed by atoms with van der Waals surface area (Å²) in [5.74, 6) is -1.02. The molecule has 2 N–H and O–H groups in total. The molecule has 0 saturated heterocycles. The van der Waals surface area contributed by atoms with Crippen LogP contribution in [0.1, 0.15) is 6.42 Å². The fraction of sp³-hybridized carbons (Fsp3) is 0.429. The van der Waals surface area contributed by atoms with Crippen molar-refractivity contribution in [1.82, 2.24) is 9.46 Å². The van der Waals surface area contributed by atoms with E-state index < -0.39 is 16.2 Å². The SMILES string of the molecule is CN(CCC(=O)O)S(=O)(=O)Nc1ccon1. The zero-order valence-corrected chi connectivity index (χ0v) is 9.27. The molecule has 8 nitrogen and oxygen atoms in total. The summed E-state index contributed by atoms with van der Waals surface area (Å²) in [6, 6.07) is 1.34. The number of aliphatic carboxylic acids is 1. The van der Waals surface area contributed by atoms with E-state index in [2.05, 4.69) is 14.4 Å². The monoisotopic (exact) mass is 249 g/mol. The molecule has 0 saturated carbocycles. The Morgan fingerprint density at radius 3 is 2.88 bits per heavy atom. The van der Waals surface area contributed by atoms with E-state index in [0.29, 0.717) is 0 Å². The Balaban J connectivity index is 2.59. The molecule has 0 unspecified atom stereocenters. The fourth-order valence-corrected chi connectivity index (χ4v) is 1.71. The minimum Gasteiger partial charge on any atom is -0.481 e. The number of nitrogens with one attached hydrogen (secondary N) is 1. The molecule has 0 radical (unpaired) electrons. The molecule has 0 spiro atoms. The van der Waals surface area contributed by atoms with Crippen LogP contribution in [-0.2, 0) is 15.0 Å². The van der Waals surface area contributed by atoms with E-state index in [1.165, 1.54) is 19.4 Å². The maximum absolute atomic E-state index is 11.6. The van der Waals surface area contributed by atoms with Gasteiger partial charge < -0.3 is 9.63 Å². The van der Waals surface area contributed by atoms with Crippen LogP contribution in [0.3, 0.4) is 0 Å². The molecule has 16 heavy (non-hydrogen) atoms. The number of carboxylic acid groups (broad SMARTS) is 1. The molecule has 0 bridgehead atoms. The van der Waals surface area contributed by atoms with Gasteiger partial charge in [-0.1, -0.05) is 5.16 Å². The molecule has 0 aliphatic carbocycles. The van der Waals surface area contributed by atoms with E-state index in [1.54, 1.807) is 0 Å². The Hall–Kier alpha value is -1.61. The first kappa shape index (κ1) is 12.5. The van der Waals surface area contributed by atoms with Crippen LogP contribution < -0.4 is 4.72 Å². The lowest BCUT2D eigenvalue weighted by atomic mass is 10.4. The molecule has 0 amide bonds. The maximum atomic E-state index is 11.6. The third kappa shape index (κ3) is 3.51.